The van der Waals surface area contributed by atoms with Gasteiger partial charge < -0.3 is 10.6 Å². The van der Waals surface area contributed by atoms with Gasteiger partial charge in [-0.1, -0.05) is 12.1 Å². The Kier molecular flexibility index (Phi) is 3.89. The van der Waals surface area contributed by atoms with Gasteiger partial charge in [-0.2, -0.15) is 0 Å². The number of thiazole rings is 1. The van der Waals surface area contributed by atoms with Gasteiger partial charge in [0, 0.05) is 24.9 Å². The fraction of sp³-hybridized carbons (Fsp3) is 0.312. The summed E-state index contributed by atoms with van der Waals surface area (Å²) in [5.74, 6) is -0.890. The van der Waals surface area contributed by atoms with Crippen LogP contribution in [0.1, 0.15) is 28.0 Å². The molecule has 7 heteroatoms. The van der Waals surface area contributed by atoms with Gasteiger partial charge in [-0.25, -0.2) is 9.37 Å². The molecular weight excluding hydrogens is 317 g/mol. The summed E-state index contributed by atoms with van der Waals surface area (Å²) < 4.78 is 13.2. The van der Waals surface area contributed by atoms with Gasteiger partial charge in [0.15, 0.2) is 0 Å². The first kappa shape index (κ1) is 15.6. The third-order valence-corrected chi connectivity index (χ3v) is 4.83. The second-order valence-corrected chi connectivity index (χ2v) is 6.96. The molecule has 2 N–H and O–H groups in total. The van der Waals surface area contributed by atoms with Crippen LogP contribution in [0.25, 0.3) is 0 Å². The highest BCUT2D eigenvalue weighted by Crippen LogP contribution is 2.30. The summed E-state index contributed by atoms with van der Waals surface area (Å²) in [6.45, 7) is 2.38. The molecule has 2 amide bonds. The minimum Gasteiger partial charge on any atom is -0.369 e. The second-order valence-electron chi connectivity index (χ2n) is 6.02. The molecule has 1 aromatic heterocycles. The van der Waals surface area contributed by atoms with E-state index in [9.17, 15) is 14.0 Å². The largest absolute Gasteiger partial charge is 0.369 e. The Hall–Kier alpha value is -2.28. The van der Waals surface area contributed by atoms with Crippen molar-refractivity contribution in [2.75, 3.05) is 13.1 Å². The Morgan fingerprint density at radius 2 is 2.17 bits per heavy atom. The van der Waals surface area contributed by atoms with E-state index in [2.05, 4.69) is 4.98 Å². The molecule has 0 spiro atoms. The molecule has 0 aliphatic carbocycles. The fourth-order valence-electron chi connectivity index (χ4n) is 2.57. The van der Waals surface area contributed by atoms with Gasteiger partial charge >= 0.3 is 0 Å². The standard InChI is InChI=1S/C16H16FN3O2S/c1-16(15(18)22)8-20(9-16)14(21)12-7-23-13(19-12)6-10-3-2-4-11(17)5-10/h2-5,7H,6,8-9H2,1H3,(H2,18,22). The summed E-state index contributed by atoms with van der Waals surface area (Å²) in [6.07, 6.45) is 0.481. The molecule has 1 aromatic carbocycles. The van der Waals surface area contributed by atoms with E-state index < -0.39 is 11.3 Å². The molecule has 1 aliphatic rings. The topological polar surface area (TPSA) is 76.3 Å². The lowest BCUT2D eigenvalue weighted by atomic mass is 9.81. The lowest BCUT2D eigenvalue weighted by Gasteiger charge is -2.45. The number of hydrogen-bond acceptors (Lipinski definition) is 4. The van der Waals surface area contributed by atoms with Gasteiger partial charge in [0.25, 0.3) is 5.91 Å². The highest BCUT2D eigenvalue weighted by atomic mass is 32.1. The zero-order chi connectivity index (χ0) is 16.6. The molecule has 5 nitrogen and oxygen atoms in total. The highest BCUT2D eigenvalue weighted by Gasteiger charge is 2.46. The van der Waals surface area contributed by atoms with Gasteiger partial charge in [0.2, 0.25) is 5.91 Å². The fourth-order valence-corrected chi connectivity index (χ4v) is 3.37. The molecule has 1 fully saturated rings. The van der Waals surface area contributed by atoms with E-state index in [1.807, 2.05) is 6.07 Å². The summed E-state index contributed by atoms with van der Waals surface area (Å²) >= 11 is 1.36. The molecule has 2 aromatic rings. The number of nitrogens with two attached hydrogens (primary N) is 1. The molecule has 0 unspecified atom stereocenters. The molecule has 1 aliphatic heterocycles. The zero-order valence-electron chi connectivity index (χ0n) is 12.6. The van der Waals surface area contributed by atoms with Crippen molar-refractivity contribution in [2.45, 2.75) is 13.3 Å². The quantitative estimate of drug-likeness (QED) is 0.927. The first-order valence-electron chi connectivity index (χ1n) is 7.15. The number of hydrogen-bond donors (Lipinski definition) is 1. The van der Waals surface area contributed by atoms with Crippen LogP contribution in [0.15, 0.2) is 29.6 Å². The van der Waals surface area contributed by atoms with Gasteiger partial charge in [0.1, 0.15) is 11.5 Å². The maximum Gasteiger partial charge on any atom is 0.273 e. The number of carbonyl (C=O) groups is 2. The molecule has 0 radical (unpaired) electrons. The number of nitrogens with zero attached hydrogens (tertiary/aromatic N) is 2. The number of benzene rings is 1. The Morgan fingerprint density at radius 3 is 2.83 bits per heavy atom. The van der Waals surface area contributed by atoms with Crippen molar-refractivity contribution in [3.05, 3.63) is 51.7 Å². The van der Waals surface area contributed by atoms with Crippen LogP contribution >= 0.6 is 11.3 Å². The molecule has 3 rings (SSSR count). The van der Waals surface area contributed by atoms with E-state index in [4.69, 9.17) is 5.73 Å². The lowest BCUT2D eigenvalue weighted by Crippen LogP contribution is -2.62. The van der Waals surface area contributed by atoms with Crippen molar-refractivity contribution >= 4 is 23.2 Å². The van der Waals surface area contributed by atoms with Crippen molar-refractivity contribution in [2.24, 2.45) is 11.1 Å². The van der Waals surface area contributed by atoms with Crippen molar-refractivity contribution in [1.29, 1.82) is 0 Å². The summed E-state index contributed by atoms with van der Waals surface area (Å²) in [5, 5.41) is 2.44. The molecule has 23 heavy (non-hydrogen) atoms. The Balaban J connectivity index is 1.66. The molecule has 0 saturated carbocycles. The zero-order valence-corrected chi connectivity index (χ0v) is 13.4. The molecule has 120 valence electrons. The van der Waals surface area contributed by atoms with Crippen molar-refractivity contribution in [1.82, 2.24) is 9.88 Å². The number of aromatic nitrogens is 1. The third kappa shape index (κ3) is 3.10. The van der Waals surface area contributed by atoms with Crippen LogP contribution in [0.3, 0.4) is 0 Å². The maximum absolute atomic E-state index is 13.2. The van der Waals surface area contributed by atoms with Gasteiger partial charge in [-0.3, -0.25) is 9.59 Å². The monoisotopic (exact) mass is 333 g/mol. The Bertz CT molecular complexity index is 768. The lowest BCUT2D eigenvalue weighted by molar-refractivity contribution is -0.134. The van der Waals surface area contributed by atoms with E-state index in [1.165, 1.54) is 23.5 Å². The Morgan fingerprint density at radius 1 is 1.43 bits per heavy atom. The van der Waals surface area contributed by atoms with E-state index in [0.717, 1.165) is 10.6 Å². The van der Waals surface area contributed by atoms with Crippen LogP contribution in [-0.2, 0) is 11.2 Å². The summed E-state index contributed by atoms with van der Waals surface area (Å²) in [7, 11) is 0. The summed E-state index contributed by atoms with van der Waals surface area (Å²) in [4.78, 5) is 29.5. The van der Waals surface area contributed by atoms with Crippen LogP contribution in [0.2, 0.25) is 0 Å². The highest BCUT2D eigenvalue weighted by molar-refractivity contribution is 7.09. The molecule has 0 atom stereocenters. The Labute approximate surface area is 136 Å². The van der Waals surface area contributed by atoms with Crippen LogP contribution in [0, 0.1) is 11.2 Å². The minimum absolute atomic E-state index is 0.203. The average Bonchev–Trinajstić information content (AvgIpc) is 2.91. The smallest absolute Gasteiger partial charge is 0.273 e. The minimum atomic E-state index is -0.643. The molecule has 0 bridgehead atoms. The van der Waals surface area contributed by atoms with Crippen molar-refractivity contribution < 1.29 is 14.0 Å². The van der Waals surface area contributed by atoms with Crippen LogP contribution in [0.5, 0.6) is 0 Å². The number of likely N-dealkylation sites (tertiary alicyclic amines) is 1. The number of halogens is 1. The van der Waals surface area contributed by atoms with Gasteiger partial charge in [0.05, 0.1) is 10.4 Å². The SMILES string of the molecule is CC1(C(N)=O)CN(C(=O)c2csc(Cc3cccc(F)c3)n2)C1. The second kappa shape index (κ2) is 5.73. The van der Waals surface area contributed by atoms with E-state index >= 15 is 0 Å². The van der Waals surface area contributed by atoms with Crippen LogP contribution in [-0.4, -0.2) is 34.8 Å². The number of amides is 2. The molecule has 1 saturated heterocycles. The van der Waals surface area contributed by atoms with Crippen molar-refractivity contribution in [3.63, 3.8) is 0 Å². The predicted molar refractivity (Wildman–Crippen MR) is 84.5 cm³/mol. The van der Waals surface area contributed by atoms with E-state index in [1.54, 1.807) is 23.3 Å². The summed E-state index contributed by atoms with van der Waals surface area (Å²) in [5.41, 5.74) is 5.83. The number of carbonyl (C=O) groups excluding carboxylic acids is 2. The molecule has 2 heterocycles. The maximum atomic E-state index is 13.2. The van der Waals surface area contributed by atoms with Gasteiger partial charge in [-0.05, 0) is 24.6 Å². The third-order valence-electron chi connectivity index (χ3n) is 3.98. The van der Waals surface area contributed by atoms with Crippen molar-refractivity contribution in [3.8, 4) is 0 Å². The first-order chi connectivity index (χ1) is 10.9. The predicted octanol–water partition coefficient (Wildman–Crippen LogP) is 1.82. The van der Waals surface area contributed by atoms with Crippen LogP contribution in [0.4, 0.5) is 4.39 Å². The summed E-state index contributed by atoms with van der Waals surface area (Å²) in [6, 6.07) is 6.31. The normalized spacial score (nSPS) is 16.0. The van der Waals surface area contributed by atoms with Crippen LogP contribution < -0.4 is 5.73 Å². The molecular formula is C16H16FN3O2S. The van der Waals surface area contributed by atoms with Gasteiger partial charge in [-0.15, -0.1) is 11.3 Å². The number of rotatable bonds is 4. The average molecular weight is 333 g/mol. The first-order valence-corrected chi connectivity index (χ1v) is 8.03. The number of primary amides is 1. The van der Waals surface area contributed by atoms with E-state index in [-0.39, 0.29) is 11.7 Å². The van der Waals surface area contributed by atoms with E-state index in [0.29, 0.717) is 25.2 Å².